The molecule has 3 atom stereocenters. The summed E-state index contributed by atoms with van der Waals surface area (Å²) in [6.45, 7) is 6.34. The van der Waals surface area contributed by atoms with Gasteiger partial charge >= 0.3 is 5.97 Å². The Bertz CT molecular complexity index is 760. The van der Waals surface area contributed by atoms with Gasteiger partial charge in [-0.2, -0.15) is 0 Å². The van der Waals surface area contributed by atoms with Crippen LogP contribution >= 0.6 is 0 Å². The van der Waals surface area contributed by atoms with Crippen LogP contribution in [0.3, 0.4) is 0 Å². The molecule has 0 saturated heterocycles. The summed E-state index contributed by atoms with van der Waals surface area (Å²) < 4.78 is 16.7. The third kappa shape index (κ3) is 8.84. The highest BCUT2D eigenvalue weighted by atomic mass is 16.7. The van der Waals surface area contributed by atoms with Gasteiger partial charge in [0.25, 0.3) is 5.95 Å². The monoisotopic (exact) mass is 430 g/mol. The number of carbonyl (C=O) groups excluding carboxylic acids is 2. The highest BCUT2D eigenvalue weighted by Crippen LogP contribution is 2.16. The number of allylic oxidation sites excluding steroid dienone is 2. The fourth-order valence-corrected chi connectivity index (χ4v) is 3.41. The van der Waals surface area contributed by atoms with E-state index in [1.165, 1.54) is 14.0 Å². The van der Waals surface area contributed by atoms with Crippen LogP contribution in [0.1, 0.15) is 32.8 Å². The Hall–Kier alpha value is -2.80. The molecule has 1 aliphatic heterocycles. The van der Waals surface area contributed by atoms with Crippen molar-refractivity contribution in [2.24, 2.45) is 5.92 Å². The summed E-state index contributed by atoms with van der Waals surface area (Å²) >= 11 is 0. The lowest BCUT2D eigenvalue weighted by Crippen LogP contribution is -2.52. The third-order valence-corrected chi connectivity index (χ3v) is 4.85. The van der Waals surface area contributed by atoms with Gasteiger partial charge in [0.1, 0.15) is 18.8 Å². The summed E-state index contributed by atoms with van der Waals surface area (Å²) in [4.78, 5) is 24.2. The van der Waals surface area contributed by atoms with Crippen LogP contribution < -0.4 is 10.6 Å². The molecule has 31 heavy (non-hydrogen) atoms. The minimum absolute atomic E-state index is 0.153. The highest BCUT2D eigenvalue weighted by molar-refractivity contribution is 5.75. The molecule has 7 heteroatoms. The maximum Gasteiger partial charge on any atom is 0.322 e. The van der Waals surface area contributed by atoms with Crippen LogP contribution in [0.25, 0.3) is 0 Å². The molecule has 0 fully saturated rings. The van der Waals surface area contributed by atoms with E-state index in [2.05, 4.69) is 10.6 Å². The predicted molar refractivity (Wildman–Crippen MR) is 119 cm³/mol. The van der Waals surface area contributed by atoms with Crippen molar-refractivity contribution in [3.05, 3.63) is 60.1 Å². The minimum atomic E-state index is -0.471. The lowest BCUT2D eigenvalue weighted by atomic mass is 9.99. The van der Waals surface area contributed by atoms with Crippen molar-refractivity contribution >= 4 is 11.9 Å². The fraction of sp³-hybridized carbons (Fsp3) is 0.500. The van der Waals surface area contributed by atoms with Gasteiger partial charge in [-0.3, -0.25) is 9.59 Å². The molecular weight excluding hydrogens is 396 g/mol. The van der Waals surface area contributed by atoms with Crippen molar-refractivity contribution in [2.75, 3.05) is 20.3 Å². The lowest BCUT2D eigenvalue weighted by molar-refractivity contribution is -0.143. The van der Waals surface area contributed by atoms with Gasteiger partial charge in [0.2, 0.25) is 5.91 Å². The van der Waals surface area contributed by atoms with E-state index in [4.69, 9.17) is 14.2 Å². The molecule has 170 valence electrons. The molecule has 0 saturated carbocycles. The van der Waals surface area contributed by atoms with Crippen molar-refractivity contribution in [1.29, 1.82) is 0 Å². The Balaban J connectivity index is 2.22. The van der Waals surface area contributed by atoms with Gasteiger partial charge in [0.05, 0.1) is 13.2 Å². The second-order valence-corrected chi connectivity index (χ2v) is 7.99. The number of esters is 1. The van der Waals surface area contributed by atoms with E-state index in [1.807, 2.05) is 56.3 Å². The van der Waals surface area contributed by atoms with Gasteiger partial charge in [-0.1, -0.05) is 50.3 Å². The molecule has 0 bridgehead atoms. The number of benzene rings is 1. The molecule has 1 unspecified atom stereocenters. The summed E-state index contributed by atoms with van der Waals surface area (Å²) in [7, 11) is 1.38. The summed E-state index contributed by atoms with van der Waals surface area (Å²) in [5, 5.41) is 6.28. The molecule has 1 aromatic rings. The Labute approximate surface area is 184 Å². The SMILES string of the molecule is COC(=O)[C@H](CC(C)C)NCC(OC1=CC=CCO1)[C@@H](Cc1ccccc1)NC(C)=O. The summed E-state index contributed by atoms with van der Waals surface area (Å²) in [5.74, 6) is 0.222. The first kappa shape index (κ1) is 24.5. The topological polar surface area (TPSA) is 85.9 Å². The fourth-order valence-electron chi connectivity index (χ4n) is 3.41. The predicted octanol–water partition coefficient (Wildman–Crippen LogP) is 2.72. The van der Waals surface area contributed by atoms with E-state index >= 15 is 0 Å². The molecule has 1 aliphatic rings. The average Bonchev–Trinajstić information content (AvgIpc) is 2.75. The van der Waals surface area contributed by atoms with E-state index in [0.717, 1.165) is 5.56 Å². The minimum Gasteiger partial charge on any atom is -0.468 e. The van der Waals surface area contributed by atoms with Crippen molar-refractivity contribution in [3.63, 3.8) is 0 Å². The van der Waals surface area contributed by atoms with Crippen LogP contribution in [0.5, 0.6) is 0 Å². The van der Waals surface area contributed by atoms with E-state index in [1.54, 1.807) is 6.08 Å². The molecule has 0 spiro atoms. The average molecular weight is 431 g/mol. The summed E-state index contributed by atoms with van der Waals surface area (Å²) in [6, 6.07) is 9.09. The second kappa shape index (κ2) is 12.8. The van der Waals surface area contributed by atoms with Crippen LogP contribution in [-0.4, -0.2) is 50.3 Å². The van der Waals surface area contributed by atoms with Gasteiger partial charge in [0, 0.05) is 19.5 Å². The van der Waals surface area contributed by atoms with Crippen LogP contribution in [0, 0.1) is 5.92 Å². The van der Waals surface area contributed by atoms with Crippen molar-refractivity contribution < 1.29 is 23.8 Å². The molecule has 1 amide bonds. The Kier molecular flexibility index (Phi) is 10.1. The third-order valence-electron chi connectivity index (χ3n) is 4.85. The first-order chi connectivity index (χ1) is 14.9. The van der Waals surface area contributed by atoms with E-state index < -0.39 is 12.1 Å². The number of rotatable bonds is 12. The van der Waals surface area contributed by atoms with Gasteiger partial charge in [-0.05, 0) is 30.4 Å². The van der Waals surface area contributed by atoms with Crippen LogP contribution in [0.15, 0.2) is 54.5 Å². The number of methoxy groups -OCH3 is 1. The zero-order valence-electron chi connectivity index (χ0n) is 18.8. The molecule has 0 radical (unpaired) electrons. The first-order valence-corrected chi connectivity index (χ1v) is 10.7. The summed E-state index contributed by atoms with van der Waals surface area (Å²) in [5.41, 5.74) is 1.07. The van der Waals surface area contributed by atoms with Crippen molar-refractivity contribution in [3.8, 4) is 0 Å². The van der Waals surface area contributed by atoms with Gasteiger partial charge in [-0.15, -0.1) is 0 Å². The number of hydrogen-bond acceptors (Lipinski definition) is 6. The van der Waals surface area contributed by atoms with Crippen LogP contribution in [0.2, 0.25) is 0 Å². The Morgan fingerprint density at radius 3 is 2.52 bits per heavy atom. The molecule has 1 aromatic carbocycles. The molecule has 7 nitrogen and oxygen atoms in total. The number of hydrogen-bond donors (Lipinski definition) is 2. The molecule has 0 aromatic heterocycles. The lowest BCUT2D eigenvalue weighted by Gasteiger charge is -2.31. The van der Waals surface area contributed by atoms with E-state index in [-0.39, 0.29) is 17.9 Å². The normalized spacial score (nSPS) is 16.0. The standard InChI is InChI=1S/C24H34N2O5/c1-17(2)14-21(24(28)29-4)25-16-22(31-23-12-8-9-13-30-23)20(26-18(3)27)15-19-10-6-5-7-11-19/h5-12,17,20-22,25H,13-16H2,1-4H3,(H,26,27)/t20-,21+,22?/m1/s1. The largest absolute Gasteiger partial charge is 0.468 e. The maximum absolute atomic E-state index is 12.2. The van der Waals surface area contributed by atoms with Crippen LogP contribution in [-0.2, 0) is 30.2 Å². The van der Waals surface area contributed by atoms with Crippen molar-refractivity contribution in [2.45, 2.75) is 51.8 Å². The quantitative estimate of drug-likeness (QED) is 0.496. The zero-order chi connectivity index (χ0) is 22.6. The van der Waals surface area contributed by atoms with E-state index in [9.17, 15) is 9.59 Å². The highest BCUT2D eigenvalue weighted by Gasteiger charge is 2.29. The van der Waals surface area contributed by atoms with E-state index in [0.29, 0.717) is 37.9 Å². The number of carbonyl (C=O) groups is 2. The van der Waals surface area contributed by atoms with Crippen molar-refractivity contribution in [1.82, 2.24) is 10.6 Å². The molecule has 1 heterocycles. The molecule has 0 aliphatic carbocycles. The van der Waals surface area contributed by atoms with Gasteiger partial charge in [0.15, 0.2) is 0 Å². The Morgan fingerprint density at radius 2 is 1.94 bits per heavy atom. The zero-order valence-corrected chi connectivity index (χ0v) is 18.8. The summed E-state index contributed by atoms with van der Waals surface area (Å²) in [6.07, 6.45) is 6.22. The molecule has 2 N–H and O–H groups in total. The number of amides is 1. The number of ether oxygens (including phenoxy) is 3. The maximum atomic E-state index is 12.2. The second-order valence-electron chi connectivity index (χ2n) is 7.99. The smallest absolute Gasteiger partial charge is 0.322 e. The first-order valence-electron chi connectivity index (χ1n) is 10.7. The van der Waals surface area contributed by atoms with Gasteiger partial charge < -0.3 is 24.8 Å². The molecular formula is C24H34N2O5. The Morgan fingerprint density at radius 1 is 1.19 bits per heavy atom. The molecule has 2 rings (SSSR count). The number of nitrogens with one attached hydrogen (secondary N) is 2. The van der Waals surface area contributed by atoms with Crippen LogP contribution in [0.4, 0.5) is 0 Å². The van der Waals surface area contributed by atoms with Gasteiger partial charge in [-0.25, -0.2) is 0 Å².